The Morgan fingerprint density at radius 2 is 0.931 bits per heavy atom. The van der Waals surface area contributed by atoms with Gasteiger partial charge < -0.3 is 25.2 Å². The number of hydrogen-bond acceptors (Lipinski definition) is 9. The quantitative estimate of drug-likeness (QED) is 0.0234. The molecular formula is C46H74NO10P. The molecule has 0 spiro atoms. The summed E-state index contributed by atoms with van der Waals surface area (Å²) in [5, 5.41) is 8.88. The maximum atomic E-state index is 12.6. The third-order valence-corrected chi connectivity index (χ3v) is 9.27. The summed E-state index contributed by atoms with van der Waals surface area (Å²) in [5.74, 6) is -2.55. The Balaban J connectivity index is 4.60. The lowest BCUT2D eigenvalue weighted by Crippen LogP contribution is -2.34. The fraction of sp³-hybridized carbons (Fsp3) is 0.587. The molecule has 3 atom stereocenters. The van der Waals surface area contributed by atoms with Gasteiger partial charge in [-0.2, -0.15) is 0 Å². The van der Waals surface area contributed by atoms with Crippen LogP contribution in [0.3, 0.4) is 0 Å². The Hall–Kier alpha value is -3.60. The number of hydrogen-bond donors (Lipinski definition) is 3. The Morgan fingerprint density at radius 3 is 1.36 bits per heavy atom. The number of nitrogens with two attached hydrogens (primary N) is 1. The molecule has 11 nitrogen and oxygen atoms in total. The summed E-state index contributed by atoms with van der Waals surface area (Å²) in [7, 11) is -4.75. The third kappa shape index (κ3) is 39.2. The molecule has 0 aliphatic carbocycles. The summed E-state index contributed by atoms with van der Waals surface area (Å²) in [6.07, 6.45) is 50.6. The first-order valence-corrected chi connectivity index (χ1v) is 22.8. The zero-order chi connectivity index (χ0) is 42.8. The van der Waals surface area contributed by atoms with E-state index in [0.717, 1.165) is 57.8 Å². The highest BCUT2D eigenvalue weighted by atomic mass is 31.2. The van der Waals surface area contributed by atoms with E-state index in [1.54, 1.807) is 0 Å². The zero-order valence-corrected chi connectivity index (χ0v) is 36.2. The van der Waals surface area contributed by atoms with E-state index in [0.29, 0.717) is 19.3 Å². The topological polar surface area (TPSA) is 172 Å². The molecule has 1 unspecified atom stereocenters. The van der Waals surface area contributed by atoms with Gasteiger partial charge in [-0.15, -0.1) is 0 Å². The number of allylic oxidation sites excluding steroid dienone is 16. The maximum Gasteiger partial charge on any atom is 0.472 e. The highest BCUT2D eigenvalue weighted by molar-refractivity contribution is 7.47. The lowest BCUT2D eigenvalue weighted by atomic mass is 10.1. The summed E-state index contributed by atoms with van der Waals surface area (Å²) in [6, 6.07) is -1.54. The van der Waals surface area contributed by atoms with Crippen LogP contribution in [0, 0.1) is 0 Å². The van der Waals surface area contributed by atoms with Crippen LogP contribution in [0.4, 0.5) is 0 Å². The number of unbranched alkanes of at least 4 members (excludes halogenated alkanes) is 8. The predicted molar refractivity (Wildman–Crippen MR) is 235 cm³/mol. The fourth-order valence-electron chi connectivity index (χ4n) is 4.93. The van der Waals surface area contributed by atoms with Gasteiger partial charge in [0.25, 0.3) is 0 Å². The highest BCUT2D eigenvalue weighted by Crippen LogP contribution is 2.43. The molecule has 0 saturated heterocycles. The molecule has 0 fully saturated rings. The van der Waals surface area contributed by atoms with Gasteiger partial charge in [-0.3, -0.25) is 23.4 Å². The van der Waals surface area contributed by atoms with Crippen LogP contribution in [0.2, 0.25) is 0 Å². The van der Waals surface area contributed by atoms with Crippen LogP contribution >= 0.6 is 7.82 Å². The molecule has 0 amide bonds. The van der Waals surface area contributed by atoms with Crippen LogP contribution in [-0.2, 0) is 37.5 Å². The second-order valence-electron chi connectivity index (χ2n) is 13.8. The number of phosphoric acid groups is 1. The Bertz CT molecular complexity index is 1350. The number of carboxylic acid groups (broad SMARTS) is 1. The van der Waals surface area contributed by atoms with Crippen molar-refractivity contribution in [2.24, 2.45) is 5.73 Å². The first kappa shape index (κ1) is 54.4. The van der Waals surface area contributed by atoms with E-state index in [4.69, 9.17) is 24.8 Å². The second kappa shape index (κ2) is 40.2. The van der Waals surface area contributed by atoms with Gasteiger partial charge >= 0.3 is 25.7 Å². The minimum Gasteiger partial charge on any atom is -0.480 e. The monoisotopic (exact) mass is 832 g/mol. The molecule has 0 bridgehead atoms. The van der Waals surface area contributed by atoms with Gasteiger partial charge in [-0.1, -0.05) is 137 Å². The van der Waals surface area contributed by atoms with E-state index in [1.165, 1.54) is 38.5 Å². The molecule has 0 aromatic carbocycles. The average molecular weight is 832 g/mol. The van der Waals surface area contributed by atoms with Crippen molar-refractivity contribution in [3.63, 3.8) is 0 Å². The minimum absolute atomic E-state index is 0.0236. The smallest absolute Gasteiger partial charge is 0.472 e. The van der Waals surface area contributed by atoms with Crippen LogP contribution in [0.5, 0.6) is 0 Å². The standard InChI is InChI=1S/C46H74NO10P/c1-3-5-7-9-11-13-15-17-19-20-21-22-24-26-28-30-32-34-36-38-45(49)57-42(40-55-58(52,53)56-41-43(47)46(50)51)39-54-44(48)37-35-33-31-29-27-25-23-18-16-14-12-10-8-6-4-2/h11-14,17-19,21-23,26-29,32,34,42-43H,3-10,15-16,20,24-25,30-31,33,35-41,47H2,1-2H3,(H,50,51)(H,52,53)/b13-11+,14-12+,19-17+,22-21+,23-18+,28-26+,29-27+,34-32+/t42-,43+/m1/s1. The number of phosphoric ester groups is 1. The van der Waals surface area contributed by atoms with Crippen LogP contribution in [0.25, 0.3) is 0 Å². The van der Waals surface area contributed by atoms with Gasteiger partial charge in [-0.05, 0) is 89.9 Å². The number of carbonyl (C=O) groups excluding carboxylic acids is 2. The normalized spacial score (nSPS) is 14.7. The van der Waals surface area contributed by atoms with Gasteiger partial charge in [0.15, 0.2) is 6.10 Å². The predicted octanol–water partition coefficient (Wildman–Crippen LogP) is 11.3. The molecule has 0 rings (SSSR count). The molecule has 0 heterocycles. The molecule has 0 radical (unpaired) electrons. The summed E-state index contributed by atoms with van der Waals surface area (Å²) < 4.78 is 32.5. The van der Waals surface area contributed by atoms with E-state index >= 15 is 0 Å². The minimum atomic E-state index is -4.75. The number of ether oxygens (including phenoxy) is 2. The van der Waals surface area contributed by atoms with Crippen molar-refractivity contribution < 1.29 is 47.5 Å². The van der Waals surface area contributed by atoms with Crippen LogP contribution in [0.15, 0.2) is 97.2 Å². The van der Waals surface area contributed by atoms with Gasteiger partial charge in [0.2, 0.25) is 0 Å². The Morgan fingerprint density at radius 1 is 0.534 bits per heavy atom. The summed E-state index contributed by atoms with van der Waals surface area (Å²) >= 11 is 0. The largest absolute Gasteiger partial charge is 0.480 e. The number of esters is 2. The Labute approximate surface area is 349 Å². The molecule has 0 aliphatic heterocycles. The lowest BCUT2D eigenvalue weighted by Gasteiger charge is -2.20. The zero-order valence-electron chi connectivity index (χ0n) is 35.3. The summed E-state index contributed by atoms with van der Waals surface area (Å²) in [4.78, 5) is 45.9. The molecular weight excluding hydrogens is 757 g/mol. The van der Waals surface area contributed by atoms with Gasteiger partial charge in [0.05, 0.1) is 13.2 Å². The van der Waals surface area contributed by atoms with Crippen molar-refractivity contribution in [3.05, 3.63) is 97.2 Å². The number of carbonyl (C=O) groups is 3. The number of carboxylic acids is 1. The van der Waals surface area contributed by atoms with Crippen molar-refractivity contribution in [2.75, 3.05) is 19.8 Å². The average Bonchev–Trinajstić information content (AvgIpc) is 3.20. The molecule has 4 N–H and O–H groups in total. The Kier molecular flexibility index (Phi) is 37.7. The van der Waals surface area contributed by atoms with Crippen LogP contribution in [-0.4, -0.2) is 59.9 Å². The van der Waals surface area contributed by atoms with Gasteiger partial charge in [0, 0.05) is 12.8 Å². The molecule has 12 heteroatoms. The first-order valence-electron chi connectivity index (χ1n) is 21.3. The molecule has 0 aromatic heterocycles. The first-order chi connectivity index (χ1) is 28.1. The van der Waals surface area contributed by atoms with E-state index in [9.17, 15) is 23.8 Å². The lowest BCUT2D eigenvalue weighted by molar-refractivity contribution is -0.161. The highest BCUT2D eigenvalue weighted by Gasteiger charge is 2.28. The maximum absolute atomic E-state index is 12.6. The van der Waals surface area contributed by atoms with Crippen LogP contribution in [0.1, 0.15) is 142 Å². The van der Waals surface area contributed by atoms with Gasteiger partial charge in [0.1, 0.15) is 12.6 Å². The van der Waals surface area contributed by atoms with Crippen molar-refractivity contribution in [3.8, 4) is 0 Å². The number of rotatable bonds is 38. The molecule has 0 saturated carbocycles. The summed E-state index contributed by atoms with van der Waals surface area (Å²) in [6.45, 7) is 2.60. The second-order valence-corrected chi connectivity index (χ2v) is 15.2. The van der Waals surface area contributed by atoms with E-state index in [2.05, 4.69) is 97.4 Å². The number of aliphatic carboxylic acids is 1. The fourth-order valence-corrected chi connectivity index (χ4v) is 5.71. The van der Waals surface area contributed by atoms with Gasteiger partial charge in [-0.25, -0.2) is 4.57 Å². The third-order valence-electron chi connectivity index (χ3n) is 8.32. The SMILES string of the molecule is CCCCC/C=C/C/C=C/C/C=C/C/C=C/C/C=C/CCC(=O)O[C@H](COC(=O)CCCC/C=C/C/C=C/C/C=C/CCCCC)COP(=O)(O)OC[C@H](N)C(=O)O. The van der Waals surface area contributed by atoms with Crippen LogP contribution < -0.4 is 5.73 Å². The van der Waals surface area contributed by atoms with Crippen molar-refractivity contribution >= 4 is 25.7 Å². The molecule has 0 aliphatic rings. The van der Waals surface area contributed by atoms with E-state index in [-0.39, 0.29) is 12.8 Å². The van der Waals surface area contributed by atoms with Crippen molar-refractivity contribution in [1.29, 1.82) is 0 Å². The van der Waals surface area contributed by atoms with Crippen molar-refractivity contribution in [2.45, 2.75) is 154 Å². The van der Waals surface area contributed by atoms with Crippen molar-refractivity contribution in [1.82, 2.24) is 0 Å². The molecule has 58 heavy (non-hydrogen) atoms. The summed E-state index contributed by atoms with van der Waals surface area (Å²) in [5.41, 5.74) is 5.32. The van der Waals surface area contributed by atoms with E-state index < -0.39 is 57.7 Å². The molecule has 0 aromatic rings. The van der Waals surface area contributed by atoms with E-state index in [1.807, 2.05) is 18.2 Å². The molecule has 328 valence electrons.